The first-order valence-electron chi connectivity index (χ1n) is 34.3. The third-order valence-electron chi connectivity index (χ3n) is 18.5. The van der Waals surface area contributed by atoms with Gasteiger partial charge >= 0.3 is 0 Å². The zero-order chi connectivity index (χ0) is 62.3. The fourth-order valence-electron chi connectivity index (χ4n) is 13.5. The van der Waals surface area contributed by atoms with E-state index in [4.69, 9.17) is 0 Å². The lowest BCUT2D eigenvalue weighted by atomic mass is 9.80. The Morgan fingerprint density at radius 3 is 1.38 bits per heavy atom. The molecule has 0 spiro atoms. The van der Waals surface area contributed by atoms with Crippen molar-refractivity contribution in [2.45, 2.75) is 246 Å². The zero-order valence-corrected chi connectivity index (χ0v) is 57.6. The second-order valence-electron chi connectivity index (χ2n) is 26.3. The molecule has 2 aliphatic rings. The Labute approximate surface area is 525 Å². The minimum Gasteiger partial charge on any atom is -0.343 e. The molecular formula is C75H117N2O6PS2+2. The monoisotopic (exact) mass is 1240 g/mol. The van der Waals surface area contributed by atoms with Crippen molar-refractivity contribution in [1.82, 2.24) is 0 Å². The SMILES string of the molecule is CC1(C)C(/C=C/C=C/C=C/C=C2/N(CCCCS(=O)(=O)O)c3c(ccc4ccccc34)C2(C)C)=[N+](CCCCS(=O)(=O)O)c2c1ccc1ccccc21.CCCCCCCCCCCCCC[P+](CCCCCC)(CCCCCC)CCCCCC. The van der Waals surface area contributed by atoms with Crippen molar-refractivity contribution in [3.05, 3.63) is 132 Å². The molecule has 0 aromatic heterocycles. The molecule has 0 saturated heterocycles. The lowest BCUT2D eigenvalue weighted by Crippen LogP contribution is -2.28. The van der Waals surface area contributed by atoms with Gasteiger partial charge in [0.1, 0.15) is 6.54 Å². The lowest BCUT2D eigenvalue weighted by molar-refractivity contribution is -0.436. The maximum absolute atomic E-state index is 11.4. The van der Waals surface area contributed by atoms with Gasteiger partial charge in [0.05, 0.1) is 52.6 Å². The normalized spacial score (nSPS) is 15.6. The van der Waals surface area contributed by atoms with Crippen LogP contribution in [0.3, 0.4) is 0 Å². The Hall–Kier alpha value is -3.92. The smallest absolute Gasteiger partial charge is 0.264 e. The molecule has 0 aliphatic carbocycles. The summed E-state index contributed by atoms with van der Waals surface area (Å²) < 4.78 is 66.5. The Bertz CT molecular complexity index is 3010. The van der Waals surface area contributed by atoms with Crippen molar-refractivity contribution in [2.75, 3.05) is 54.1 Å². The van der Waals surface area contributed by atoms with Crippen LogP contribution in [0.4, 0.5) is 11.4 Å². The van der Waals surface area contributed by atoms with E-state index in [9.17, 15) is 25.9 Å². The number of hydrogen-bond acceptors (Lipinski definition) is 5. The fourth-order valence-corrected chi connectivity index (χ4v) is 19.6. The lowest BCUT2D eigenvalue weighted by Gasteiger charge is -2.28. The summed E-state index contributed by atoms with van der Waals surface area (Å²) in [6.07, 6.45) is 58.4. The van der Waals surface area contributed by atoms with Crippen molar-refractivity contribution in [3.63, 3.8) is 0 Å². The minimum absolute atomic E-state index is 0.255. The summed E-state index contributed by atoms with van der Waals surface area (Å²) in [6.45, 7) is 19.5. The van der Waals surface area contributed by atoms with Crippen LogP contribution >= 0.6 is 7.26 Å². The van der Waals surface area contributed by atoms with Crippen LogP contribution in [0.15, 0.2) is 121 Å². The summed E-state index contributed by atoms with van der Waals surface area (Å²) in [4.78, 5) is 2.31. The topological polar surface area (TPSA) is 115 Å². The summed E-state index contributed by atoms with van der Waals surface area (Å²) in [5.74, 6) is -0.511. The minimum atomic E-state index is -4.02. The summed E-state index contributed by atoms with van der Waals surface area (Å²) >= 11 is 0. The fraction of sp³-hybridized carbons (Fsp3) is 0.613. The van der Waals surface area contributed by atoms with Gasteiger partial charge in [-0.05, 0) is 113 Å². The van der Waals surface area contributed by atoms with E-state index in [-0.39, 0.29) is 22.3 Å². The molecule has 0 saturated carbocycles. The number of anilines is 1. The molecule has 0 atom stereocenters. The van der Waals surface area contributed by atoms with E-state index >= 15 is 0 Å². The number of unbranched alkanes of at least 4 members (excludes halogenated alkanes) is 22. The summed E-state index contributed by atoms with van der Waals surface area (Å²) in [5.41, 5.74) is 6.39. The van der Waals surface area contributed by atoms with Crippen molar-refractivity contribution in [3.8, 4) is 0 Å². The molecule has 8 nitrogen and oxygen atoms in total. The quantitative estimate of drug-likeness (QED) is 0.0149. The molecule has 86 heavy (non-hydrogen) atoms. The number of fused-ring (bicyclic) bond motifs is 6. The highest BCUT2D eigenvalue weighted by Crippen LogP contribution is 2.61. The second kappa shape index (κ2) is 37.9. The third-order valence-corrected chi connectivity index (χ3v) is 25.2. The van der Waals surface area contributed by atoms with Gasteiger partial charge < -0.3 is 4.90 Å². The van der Waals surface area contributed by atoms with E-state index in [2.05, 4.69) is 126 Å². The summed E-state index contributed by atoms with van der Waals surface area (Å²) in [5, 5.41) is 4.60. The predicted molar refractivity (Wildman–Crippen MR) is 378 cm³/mol. The average molecular weight is 1240 g/mol. The van der Waals surface area contributed by atoms with Crippen LogP contribution in [0.5, 0.6) is 0 Å². The van der Waals surface area contributed by atoms with Crippen LogP contribution in [0.25, 0.3) is 21.5 Å². The van der Waals surface area contributed by atoms with E-state index < -0.39 is 27.5 Å². The van der Waals surface area contributed by atoms with Gasteiger partial charge in [-0.25, -0.2) is 0 Å². The van der Waals surface area contributed by atoms with E-state index in [0.717, 1.165) is 44.3 Å². The van der Waals surface area contributed by atoms with Gasteiger partial charge in [-0.1, -0.05) is 241 Å². The molecule has 4 aromatic carbocycles. The molecule has 6 rings (SSSR count). The first-order chi connectivity index (χ1) is 41.3. The highest BCUT2D eigenvalue weighted by molar-refractivity contribution is 7.86. The van der Waals surface area contributed by atoms with Gasteiger partial charge in [-0.2, -0.15) is 21.4 Å². The van der Waals surface area contributed by atoms with Gasteiger partial charge in [0.25, 0.3) is 20.2 Å². The van der Waals surface area contributed by atoms with E-state index in [1.165, 1.54) is 140 Å². The Balaban J connectivity index is 0.000000354. The van der Waals surface area contributed by atoms with Crippen molar-refractivity contribution in [1.29, 1.82) is 0 Å². The molecule has 2 aliphatic heterocycles. The van der Waals surface area contributed by atoms with Crippen LogP contribution in [-0.4, -0.2) is 85.5 Å². The van der Waals surface area contributed by atoms with Gasteiger partial charge in [0, 0.05) is 48.4 Å². The number of rotatable bonds is 42. The molecule has 4 aromatic rings. The van der Waals surface area contributed by atoms with Gasteiger partial charge in [-0.3, -0.25) is 9.11 Å². The maximum Gasteiger partial charge on any atom is 0.264 e. The maximum atomic E-state index is 11.4. The molecule has 0 fully saturated rings. The predicted octanol–water partition coefficient (Wildman–Crippen LogP) is 21.5. The molecule has 2 heterocycles. The molecule has 11 heteroatoms. The van der Waals surface area contributed by atoms with Crippen LogP contribution in [0.1, 0.15) is 246 Å². The first kappa shape index (κ1) is 72.8. The summed E-state index contributed by atoms with van der Waals surface area (Å²) in [7, 11) is -8.73. The average Bonchev–Trinajstić information content (AvgIpc) is 1.64. The van der Waals surface area contributed by atoms with Crippen LogP contribution in [-0.2, 0) is 31.1 Å². The molecular weight excluding hydrogens is 1120 g/mol. The Morgan fingerprint density at radius 2 is 0.872 bits per heavy atom. The Kier molecular flexibility index (Phi) is 32.1. The van der Waals surface area contributed by atoms with E-state index in [1.54, 1.807) is 50.3 Å². The largest absolute Gasteiger partial charge is 0.343 e. The third kappa shape index (κ3) is 23.5. The molecule has 0 radical (unpaired) electrons. The molecule has 0 bridgehead atoms. The van der Waals surface area contributed by atoms with Crippen LogP contribution in [0, 0.1) is 0 Å². The molecule has 0 amide bonds. The van der Waals surface area contributed by atoms with E-state index in [1.807, 2.05) is 54.6 Å². The zero-order valence-electron chi connectivity index (χ0n) is 55.1. The number of nitrogens with zero attached hydrogens (tertiary/aromatic N) is 2. The number of allylic oxidation sites excluding steroid dienone is 8. The number of benzene rings is 4. The number of hydrogen-bond donors (Lipinski definition) is 2. The van der Waals surface area contributed by atoms with Crippen molar-refractivity contribution < 1.29 is 30.5 Å². The van der Waals surface area contributed by atoms with Gasteiger partial charge in [0.2, 0.25) is 5.69 Å². The second-order valence-corrected chi connectivity index (χ2v) is 33.9. The highest BCUT2D eigenvalue weighted by atomic mass is 32.2. The molecule has 478 valence electrons. The standard InChI is InChI=1S/C43H48N2O6S2.C32H68P/c1-42(2)36-26-24-32-18-10-12-20-34(32)40(36)44(28-14-16-30-52(46,47)48)38(42)22-8-6-5-7-9-23-39-43(3,4)37-27-25-33-19-11-13-21-35(33)41(37)45(39)29-15-17-31-53(49,50)51;1-5-9-13-17-18-19-20-21-22-23-24-28-32-33(29-25-14-10-6-2,30-26-15-11-7-3)31-27-16-12-8-4/h5-13,18-27H,14-17,28-31H2,1-4H3,(H-,46,47,48,49,50,51);5-32H2,1-4H3/q;+1/p+1. The first-order valence-corrected chi connectivity index (χ1v) is 40.0. The Morgan fingerprint density at radius 1 is 0.453 bits per heavy atom. The molecule has 0 unspecified atom stereocenters. The molecule has 2 N–H and O–H groups in total. The van der Waals surface area contributed by atoms with Crippen LogP contribution in [0.2, 0.25) is 0 Å². The van der Waals surface area contributed by atoms with Crippen molar-refractivity contribution in [2.24, 2.45) is 0 Å². The van der Waals surface area contributed by atoms with E-state index in [0.29, 0.717) is 38.8 Å². The van der Waals surface area contributed by atoms with Crippen LogP contribution < -0.4 is 4.90 Å². The van der Waals surface area contributed by atoms with Gasteiger partial charge in [0.15, 0.2) is 5.71 Å². The summed E-state index contributed by atoms with van der Waals surface area (Å²) in [6, 6.07) is 25.3. The highest BCUT2D eigenvalue weighted by Gasteiger charge is 2.45. The van der Waals surface area contributed by atoms with Gasteiger partial charge in [-0.15, -0.1) is 0 Å². The van der Waals surface area contributed by atoms with Crippen molar-refractivity contribution >= 4 is 66.1 Å².